The first-order chi connectivity index (χ1) is 10.8. The molecule has 1 aliphatic heterocycles. The van der Waals surface area contributed by atoms with E-state index >= 15 is 0 Å². The Hall–Kier alpha value is -1.70. The van der Waals surface area contributed by atoms with Crippen LogP contribution in [0.4, 0.5) is 0 Å². The predicted octanol–water partition coefficient (Wildman–Crippen LogP) is 1.80. The number of hydrogen-bond donors (Lipinski definition) is 0. The molecule has 0 aromatic carbocycles. The highest BCUT2D eigenvalue weighted by Gasteiger charge is 2.27. The summed E-state index contributed by atoms with van der Waals surface area (Å²) in [7, 11) is 1.65. The lowest BCUT2D eigenvalue weighted by atomic mass is 10.1. The Bertz CT molecular complexity index is 611. The standard InChI is InChI=1S/C15H19N3O3S/c1-20-7-6-18-4-2-13(16-18)15(19)17-5-8-21-14(10-17)12-3-9-22-11-12/h2-4,9,11,14H,5-8,10H2,1H3/t14-/m0/s1. The number of nitrogens with zero attached hydrogens (tertiary/aromatic N) is 3. The van der Waals surface area contributed by atoms with Crippen LogP contribution in [0.1, 0.15) is 22.2 Å². The van der Waals surface area contributed by atoms with E-state index in [0.717, 1.165) is 5.56 Å². The van der Waals surface area contributed by atoms with Crippen LogP contribution in [0.2, 0.25) is 0 Å². The first-order valence-corrected chi connectivity index (χ1v) is 8.17. The van der Waals surface area contributed by atoms with Crippen molar-refractivity contribution in [2.75, 3.05) is 33.4 Å². The zero-order valence-corrected chi connectivity index (χ0v) is 13.3. The van der Waals surface area contributed by atoms with Crippen LogP contribution in [-0.2, 0) is 16.0 Å². The van der Waals surface area contributed by atoms with Crippen molar-refractivity contribution in [2.24, 2.45) is 0 Å². The van der Waals surface area contributed by atoms with Crippen molar-refractivity contribution in [3.05, 3.63) is 40.3 Å². The fourth-order valence-corrected chi connectivity index (χ4v) is 3.14. The van der Waals surface area contributed by atoms with E-state index < -0.39 is 0 Å². The molecule has 0 unspecified atom stereocenters. The molecule has 3 rings (SSSR count). The molecule has 7 heteroatoms. The highest BCUT2D eigenvalue weighted by molar-refractivity contribution is 7.07. The average molecular weight is 321 g/mol. The van der Waals surface area contributed by atoms with Gasteiger partial charge in [0, 0.05) is 19.9 Å². The van der Waals surface area contributed by atoms with Crippen LogP contribution >= 0.6 is 11.3 Å². The summed E-state index contributed by atoms with van der Waals surface area (Å²) in [6.45, 7) is 2.94. The number of rotatable bonds is 5. The van der Waals surface area contributed by atoms with Gasteiger partial charge >= 0.3 is 0 Å². The molecular weight excluding hydrogens is 302 g/mol. The number of carbonyl (C=O) groups is 1. The molecule has 0 N–H and O–H groups in total. The zero-order valence-electron chi connectivity index (χ0n) is 12.5. The lowest BCUT2D eigenvalue weighted by Crippen LogP contribution is -2.42. The van der Waals surface area contributed by atoms with Crippen LogP contribution in [0.25, 0.3) is 0 Å². The minimum Gasteiger partial charge on any atom is -0.383 e. The molecule has 1 aliphatic rings. The number of methoxy groups -OCH3 is 1. The van der Waals surface area contributed by atoms with Crippen molar-refractivity contribution < 1.29 is 14.3 Å². The molecule has 0 radical (unpaired) electrons. The van der Waals surface area contributed by atoms with Crippen LogP contribution in [0.3, 0.4) is 0 Å². The van der Waals surface area contributed by atoms with Crippen LogP contribution in [0, 0.1) is 0 Å². The van der Waals surface area contributed by atoms with E-state index in [0.29, 0.717) is 38.5 Å². The molecular formula is C15H19N3O3S. The van der Waals surface area contributed by atoms with Crippen molar-refractivity contribution in [1.82, 2.24) is 14.7 Å². The number of hydrogen-bond acceptors (Lipinski definition) is 5. The Labute approximate surface area is 133 Å². The maximum Gasteiger partial charge on any atom is 0.274 e. The summed E-state index contributed by atoms with van der Waals surface area (Å²) >= 11 is 1.64. The lowest BCUT2D eigenvalue weighted by molar-refractivity contribution is -0.0228. The second-order valence-corrected chi connectivity index (χ2v) is 5.90. The van der Waals surface area contributed by atoms with Crippen molar-refractivity contribution in [3.63, 3.8) is 0 Å². The molecule has 0 bridgehead atoms. The van der Waals surface area contributed by atoms with Gasteiger partial charge in [-0.15, -0.1) is 0 Å². The monoisotopic (exact) mass is 321 g/mol. The second-order valence-electron chi connectivity index (χ2n) is 5.12. The maximum absolute atomic E-state index is 12.6. The SMILES string of the molecule is COCCn1ccc(C(=O)N2CCO[C@H](c3ccsc3)C2)n1. The van der Waals surface area contributed by atoms with Gasteiger partial charge < -0.3 is 14.4 Å². The Kier molecular flexibility index (Phi) is 4.87. The summed E-state index contributed by atoms with van der Waals surface area (Å²) < 4.78 is 12.5. The average Bonchev–Trinajstić information content (AvgIpc) is 3.24. The zero-order chi connectivity index (χ0) is 15.4. The minimum absolute atomic E-state index is 0.0419. The third-order valence-electron chi connectivity index (χ3n) is 3.65. The van der Waals surface area contributed by atoms with E-state index in [9.17, 15) is 4.79 Å². The Balaban J connectivity index is 1.65. The van der Waals surface area contributed by atoms with Crippen LogP contribution in [0.5, 0.6) is 0 Å². The highest BCUT2D eigenvalue weighted by atomic mass is 32.1. The maximum atomic E-state index is 12.6. The number of amides is 1. The third kappa shape index (κ3) is 3.37. The van der Waals surface area contributed by atoms with E-state index in [2.05, 4.69) is 10.5 Å². The van der Waals surface area contributed by atoms with Crippen molar-refractivity contribution in [2.45, 2.75) is 12.6 Å². The summed E-state index contributed by atoms with van der Waals surface area (Å²) in [6, 6.07) is 3.80. The quantitative estimate of drug-likeness (QED) is 0.843. The van der Waals surface area contributed by atoms with Gasteiger partial charge in [-0.25, -0.2) is 0 Å². The molecule has 1 amide bonds. The van der Waals surface area contributed by atoms with Crippen LogP contribution < -0.4 is 0 Å². The van der Waals surface area contributed by atoms with Gasteiger partial charge in [0.15, 0.2) is 0 Å². The van der Waals surface area contributed by atoms with Gasteiger partial charge in [0.2, 0.25) is 0 Å². The Morgan fingerprint density at radius 3 is 3.23 bits per heavy atom. The molecule has 2 aromatic heterocycles. The van der Waals surface area contributed by atoms with Gasteiger partial charge in [0.1, 0.15) is 11.8 Å². The van der Waals surface area contributed by atoms with Crippen molar-refractivity contribution in [1.29, 1.82) is 0 Å². The number of aromatic nitrogens is 2. The molecule has 1 atom stereocenters. The fraction of sp³-hybridized carbons (Fsp3) is 0.467. The third-order valence-corrected chi connectivity index (χ3v) is 4.35. The topological polar surface area (TPSA) is 56.6 Å². The van der Waals surface area contributed by atoms with Crippen molar-refractivity contribution >= 4 is 17.2 Å². The summed E-state index contributed by atoms with van der Waals surface area (Å²) in [4.78, 5) is 14.4. The second kappa shape index (κ2) is 7.04. The molecule has 1 saturated heterocycles. The van der Waals surface area contributed by atoms with Gasteiger partial charge in [-0.05, 0) is 28.5 Å². The molecule has 1 fully saturated rings. The Morgan fingerprint density at radius 1 is 1.55 bits per heavy atom. The van der Waals surface area contributed by atoms with E-state index in [-0.39, 0.29) is 12.0 Å². The molecule has 3 heterocycles. The summed E-state index contributed by atoms with van der Waals surface area (Å²) in [5.74, 6) is -0.0419. The summed E-state index contributed by atoms with van der Waals surface area (Å²) in [5, 5.41) is 8.41. The van der Waals surface area contributed by atoms with Gasteiger partial charge in [0.05, 0.1) is 26.3 Å². The molecule has 118 valence electrons. The lowest BCUT2D eigenvalue weighted by Gasteiger charge is -2.32. The summed E-state index contributed by atoms with van der Waals surface area (Å²) in [6.07, 6.45) is 1.77. The number of carbonyl (C=O) groups excluding carboxylic acids is 1. The van der Waals surface area contributed by atoms with Gasteiger partial charge in [-0.2, -0.15) is 16.4 Å². The fourth-order valence-electron chi connectivity index (χ4n) is 2.44. The van der Waals surface area contributed by atoms with Crippen LogP contribution in [-0.4, -0.2) is 54.0 Å². The first kappa shape index (κ1) is 15.2. The highest BCUT2D eigenvalue weighted by Crippen LogP contribution is 2.24. The Morgan fingerprint density at radius 2 is 2.45 bits per heavy atom. The van der Waals surface area contributed by atoms with Crippen LogP contribution in [0.15, 0.2) is 29.1 Å². The van der Waals surface area contributed by atoms with E-state index in [1.54, 1.807) is 29.2 Å². The minimum atomic E-state index is -0.0421. The van der Waals surface area contributed by atoms with E-state index in [4.69, 9.17) is 9.47 Å². The summed E-state index contributed by atoms with van der Waals surface area (Å²) in [5.41, 5.74) is 1.61. The molecule has 22 heavy (non-hydrogen) atoms. The molecule has 2 aromatic rings. The molecule has 0 aliphatic carbocycles. The van der Waals surface area contributed by atoms with Gasteiger partial charge in [-0.1, -0.05) is 0 Å². The first-order valence-electron chi connectivity index (χ1n) is 7.23. The number of morpholine rings is 1. The molecule has 0 spiro atoms. The van der Waals surface area contributed by atoms with E-state index in [1.165, 1.54) is 0 Å². The number of thiophene rings is 1. The van der Waals surface area contributed by atoms with Gasteiger partial charge in [0.25, 0.3) is 5.91 Å². The smallest absolute Gasteiger partial charge is 0.274 e. The molecule has 6 nitrogen and oxygen atoms in total. The number of ether oxygens (including phenoxy) is 2. The van der Waals surface area contributed by atoms with E-state index in [1.807, 2.05) is 22.5 Å². The predicted molar refractivity (Wildman–Crippen MR) is 83.0 cm³/mol. The normalized spacial score (nSPS) is 18.6. The molecule has 0 saturated carbocycles. The van der Waals surface area contributed by atoms with Crippen molar-refractivity contribution in [3.8, 4) is 0 Å². The van der Waals surface area contributed by atoms with Gasteiger partial charge in [-0.3, -0.25) is 9.48 Å². The largest absolute Gasteiger partial charge is 0.383 e.